The Kier molecular flexibility index (Phi) is 5.84. The van der Waals surface area contributed by atoms with Gasteiger partial charge in [0.2, 0.25) is 5.91 Å². The third-order valence-corrected chi connectivity index (χ3v) is 7.04. The minimum absolute atomic E-state index is 0.128. The summed E-state index contributed by atoms with van der Waals surface area (Å²) in [6.07, 6.45) is 9.80. The summed E-state index contributed by atoms with van der Waals surface area (Å²) in [4.78, 5) is 42.4. The fourth-order valence-electron chi connectivity index (χ4n) is 4.86. The molecule has 3 amide bonds. The van der Waals surface area contributed by atoms with E-state index in [1.165, 1.54) is 17.7 Å². The number of aromatic nitrogens is 2. The van der Waals surface area contributed by atoms with Gasteiger partial charge in [-0.2, -0.15) is 5.10 Å². The number of hydrogen-bond acceptors (Lipinski definition) is 4. The molecule has 8 nitrogen and oxygen atoms in total. The van der Waals surface area contributed by atoms with Crippen LogP contribution in [-0.4, -0.2) is 69.0 Å². The number of likely N-dealkylation sites (tertiary alicyclic amines) is 1. The Morgan fingerprint density at radius 1 is 1.07 bits per heavy atom. The van der Waals surface area contributed by atoms with Crippen LogP contribution in [0.1, 0.15) is 85.7 Å². The van der Waals surface area contributed by atoms with Gasteiger partial charge in [0.05, 0.1) is 6.54 Å². The topological polar surface area (TPSA) is 87.5 Å². The average molecular weight is 416 g/mol. The normalized spacial score (nSPS) is 25.6. The van der Waals surface area contributed by atoms with Crippen molar-refractivity contribution in [3.05, 3.63) is 17.5 Å². The van der Waals surface area contributed by atoms with Gasteiger partial charge >= 0.3 is 0 Å². The summed E-state index contributed by atoms with van der Waals surface area (Å²) in [5.41, 5.74) is -0.368. The molecule has 2 aliphatic heterocycles. The monoisotopic (exact) mass is 415 g/mol. The van der Waals surface area contributed by atoms with Gasteiger partial charge in [-0.25, -0.2) is 0 Å². The van der Waals surface area contributed by atoms with Crippen LogP contribution in [-0.2, 0) is 11.3 Å². The van der Waals surface area contributed by atoms with Crippen molar-refractivity contribution < 1.29 is 14.4 Å². The number of likely N-dealkylation sites (N-methyl/N-ethyl adjacent to an activating group) is 1. The Bertz CT molecular complexity index is 821. The van der Waals surface area contributed by atoms with E-state index in [2.05, 4.69) is 10.4 Å². The van der Waals surface area contributed by atoms with Crippen molar-refractivity contribution in [2.45, 2.75) is 82.8 Å². The molecule has 1 N–H and O–H groups in total. The Morgan fingerprint density at radius 3 is 2.37 bits per heavy atom. The maximum atomic E-state index is 13.2. The van der Waals surface area contributed by atoms with Gasteiger partial charge < -0.3 is 15.1 Å². The van der Waals surface area contributed by atoms with Crippen molar-refractivity contribution in [2.75, 3.05) is 20.1 Å². The van der Waals surface area contributed by atoms with E-state index in [1.54, 1.807) is 24.7 Å². The molecule has 2 fully saturated rings. The summed E-state index contributed by atoms with van der Waals surface area (Å²) in [5, 5.41) is 7.63. The minimum atomic E-state index is -1.03. The molecule has 4 rings (SSSR count). The van der Waals surface area contributed by atoms with Crippen molar-refractivity contribution in [2.24, 2.45) is 0 Å². The number of nitrogens with one attached hydrogen (secondary N) is 1. The zero-order valence-electron chi connectivity index (χ0n) is 18.2. The average Bonchev–Trinajstić information content (AvgIpc) is 3.00. The molecule has 0 aromatic carbocycles. The van der Waals surface area contributed by atoms with E-state index >= 15 is 0 Å². The Hall–Kier alpha value is -2.38. The van der Waals surface area contributed by atoms with E-state index in [0.717, 1.165) is 58.0 Å². The van der Waals surface area contributed by atoms with Crippen LogP contribution in [0, 0.1) is 0 Å². The van der Waals surface area contributed by atoms with Gasteiger partial charge in [0.1, 0.15) is 11.2 Å². The van der Waals surface area contributed by atoms with Crippen molar-refractivity contribution >= 4 is 17.7 Å². The highest BCUT2D eigenvalue weighted by Crippen LogP contribution is 2.27. The molecule has 1 saturated carbocycles. The molecular weight excluding hydrogens is 382 g/mol. The third kappa shape index (κ3) is 3.84. The molecule has 1 aromatic rings. The van der Waals surface area contributed by atoms with Crippen molar-refractivity contribution in [1.29, 1.82) is 0 Å². The third-order valence-electron chi connectivity index (χ3n) is 7.04. The van der Waals surface area contributed by atoms with E-state index in [-0.39, 0.29) is 30.3 Å². The number of piperidine rings is 1. The van der Waals surface area contributed by atoms with Gasteiger partial charge in [-0.05, 0) is 39.0 Å². The fraction of sp³-hybridized carbons (Fsp3) is 0.727. The quantitative estimate of drug-likeness (QED) is 0.767. The number of fused-ring (bicyclic) bond motifs is 1. The van der Waals surface area contributed by atoms with Gasteiger partial charge in [0.15, 0.2) is 5.69 Å². The number of amides is 3. The molecule has 30 heavy (non-hydrogen) atoms. The van der Waals surface area contributed by atoms with Crippen molar-refractivity contribution in [1.82, 2.24) is 24.9 Å². The summed E-state index contributed by atoms with van der Waals surface area (Å²) in [7, 11) is 1.66. The fourth-order valence-corrected chi connectivity index (χ4v) is 4.86. The highest BCUT2D eigenvalue weighted by Gasteiger charge is 2.47. The van der Waals surface area contributed by atoms with Gasteiger partial charge in [0, 0.05) is 32.2 Å². The lowest BCUT2D eigenvalue weighted by molar-refractivity contribution is -0.133. The first-order chi connectivity index (χ1) is 14.4. The van der Waals surface area contributed by atoms with Crippen LogP contribution in [0.4, 0.5) is 0 Å². The molecule has 8 heteroatoms. The van der Waals surface area contributed by atoms with Crippen LogP contribution >= 0.6 is 0 Å². The molecule has 0 unspecified atom stereocenters. The van der Waals surface area contributed by atoms with Crippen LogP contribution in [0.25, 0.3) is 0 Å². The summed E-state index contributed by atoms with van der Waals surface area (Å²) < 4.78 is 1.55. The summed E-state index contributed by atoms with van der Waals surface area (Å²) in [5.74, 6) is -0.545. The standard InChI is InChI=1S/C22H33N5O3/c1-22(21(30)23-16-10-6-3-4-7-11-16)15-27-18(20(29)25(22)2)14-17(24-27)19(28)26-12-8-5-9-13-26/h14,16H,3-13,15H2,1-2H3,(H,23,30)/t22-/m1/s1. The van der Waals surface area contributed by atoms with Crippen LogP contribution < -0.4 is 5.32 Å². The van der Waals surface area contributed by atoms with Crippen molar-refractivity contribution in [3.8, 4) is 0 Å². The molecule has 1 saturated heterocycles. The highest BCUT2D eigenvalue weighted by atomic mass is 16.2. The molecule has 0 spiro atoms. The molecule has 1 aromatic heterocycles. The molecule has 0 radical (unpaired) electrons. The van der Waals surface area contributed by atoms with Gasteiger partial charge in [-0.3, -0.25) is 19.1 Å². The summed E-state index contributed by atoms with van der Waals surface area (Å²) in [6, 6.07) is 1.74. The number of nitrogens with zero attached hydrogens (tertiary/aromatic N) is 4. The number of hydrogen-bond donors (Lipinski definition) is 1. The molecule has 1 aliphatic carbocycles. The molecular formula is C22H33N5O3. The molecule has 3 aliphatic rings. The Labute approximate surface area is 178 Å². The second-order valence-electron chi connectivity index (χ2n) is 9.23. The van der Waals surface area contributed by atoms with Crippen LogP contribution in [0.2, 0.25) is 0 Å². The van der Waals surface area contributed by atoms with Gasteiger partial charge in [-0.15, -0.1) is 0 Å². The summed E-state index contributed by atoms with van der Waals surface area (Å²) in [6.45, 7) is 3.50. The second kappa shape index (κ2) is 8.40. The molecule has 164 valence electrons. The van der Waals surface area contributed by atoms with Crippen molar-refractivity contribution in [3.63, 3.8) is 0 Å². The number of rotatable bonds is 3. The zero-order valence-corrected chi connectivity index (χ0v) is 18.2. The lowest BCUT2D eigenvalue weighted by Crippen LogP contribution is -2.63. The lowest BCUT2D eigenvalue weighted by Gasteiger charge is -2.41. The zero-order chi connectivity index (χ0) is 21.3. The smallest absolute Gasteiger partial charge is 0.274 e. The second-order valence-corrected chi connectivity index (χ2v) is 9.23. The Balaban J connectivity index is 1.53. The largest absolute Gasteiger partial charge is 0.351 e. The highest BCUT2D eigenvalue weighted by molar-refractivity contribution is 6.01. The first-order valence-corrected chi connectivity index (χ1v) is 11.4. The number of carbonyl (C=O) groups excluding carboxylic acids is 3. The van der Waals surface area contributed by atoms with Crippen LogP contribution in [0.15, 0.2) is 6.07 Å². The van der Waals surface area contributed by atoms with E-state index in [9.17, 15) is 14.4 Å². The first kappa shape index (κ1) is 20.9. The maximum absolute atomic E-state index is 13.2. The molecule has 3 heterocycles. The van der Waals surface area contributed by atoms with E-state index < -0.39 is 5.54 Å². The van der Waals surface area contributed by atoms with E-state index in [0.29, 0.717) is 11.4 Å². The number of carbonyl (C=O) groups is 3. The molecule has 1 atom stereocenters. The summed E-state index contributed by atoms with van der Waals surface area (Å²) >= 11 is 0. The first-order valence-electron chi connectivity index (χ1n) is 11.4. The van der Waals surface area contributed by atoms with E-state index in [1.807, 2.05) is 4.90 Å². The maximum Gasteiger partial charge on any atom is 0.274 e. The Morgan fingerprint density at radius 2 is 1.70 bits per heavy atom. The van der Waals surface area contributed by atoms with Crippen LogP contribution in [0.3, 0.4) is 0 Å². The predicted molar refractivity (Wildman–Crippen MR) is 112 cm³/mol. The van der Waals surface area contributed by atoms with Crippen LogP contribution in [0.5, 0.6) is 0 Å². The SMILES string of the molecule is CN1C(=O)c2cc(C(=O)N3CCCCC3)nn2C[C@]1(C)C(=O)NC1CCCCCC1. The lowest BCUT2D eigenvalue weighted by atomic mass is 9.95. The van der Waals surface area contributed by atoms with Gasteiger partial charge in [0.25, 0.3) is 11.8 Å². The van der Waals surface area contributed by atoms with E-state index in [4.69, 9.17) is 0 Å². The molecule has 0 bridgehead atoms. The predicted octanol–water partition coefficient (Wildman–Crippen LogP) is 2.19. The minimum Gasteiger partial charge on any atom is -0.351 e. The van der Waals surface area contributed by atoms with Gasteiger partial charge in [-0.1, -0.05) is 25.7 Å².